The van der Waals surface area contributed by atoms with Gasteiger partial charge in [0.2, 0.25) is 0 Å². The monoisotopic (exact) mass is 394 g/mol. The van der Waals surface area contributed by atoms with Crippen LogP contribution < -0.4 is 4.74 Å². The SMILES string of the molecule is COc1ccc(-n2nc(-c3ccc(Cl)cc3)c(Cl)c2-c2ccccc2)cc1. The first-order valence-corrected chi connectivity index (χ1v) is 9.17. The summed E-state index contributed by atoms with van der Waals surface area (Å²) >= 11 is 12.8. The lowest BCUT2D eigenvalue weighted by Crippen LogP contribution is -1.99. The average Bonchev–Trinajstić information content (AvgIpc) is 3.06. The van der Waals surface area contributed by atoms with Gasteiger partial charge in [0.05, 0.1) is 23.5 Å². The van der Waals surface area contributed by atoms with Crippen molar-refractivity contribution in [2.24, 2.45) is 0 Å². The summed E-state index contributed by atoms with van der Waals surface area (Å²) < 4.78 is 7.12. The zero-order valence-corrected chi connectivity index (χ0v) is 16.1. The number of nitrogens with zero attached hydrogens (tertiary/aromatic N) is 2. The molecule has 0 N–H and O–H groups in total. The van der Waals surface area contributed by atoms with Gasteiger partial charge in [-0.25, -0.2) is 4.68 Å². The van der Waals surface area contributed by atoms with Crippen LogP contribution in [-0.2, 0) is 0 Å². The fourth-order valence-corrected chi connectivity index (χ4v) is 3.41. The number of hydrogen-bond donors (Lipinski definition) is 0. The number of methoxy groups -OCH3 is 1. The molecular formula is C22H16Cl2N2O. The molecule has 0 spiro atoms. The van der Waals surface area contributed by atoms with Crippen molar-refractivity contribution in [1.29, 1.82) is 0 Å². The van der Waals surface area contributed by atoms with Crippen molar-refractivity contribution < 1.29 is 4.74 Å². The first-order valence-electron chi connectivity index (χ1n) is 8.41. The van der Waals surface area contributed by atoms with Crippen LogP contribution in [-0.4, -0.2) is 16.9 Å². The molecule has 4 rings (SSSR count). The Morgan fingerprint density at radius 1 is 0.778 bits per heavy atom. The lowest BCUT2D eigenvalue weighted by atomic mass is 10.1. The molecule has 0 fully saturated rings. The number of halogens is 2. The molecule has 3 nitrogen and oxygen atoms in total. The third-order valence-corrected chi connectivity index (χ3v) is 4.92. The van der Waals surface area contributed by atoms with E-state index in [-0.39, 0.29) is 0 Å². The van der Waals surface area contributed by atoms with E-state index in [1.807, 2.05) is 83.5 Å². The predicted octanol–water partition coefficient (Wildman–Crippen LogP) is 6.52. The summed E-state index contributed by atoms with van der Waals surface area (Å²) in [5.41, 5.74) is 4.35. The van der Waals surface area contributed by atoms with E-state index in [1.54, 1.807) is 7.11 Å². The van der Waals surface area contributed by atoms with Gasteiger partial charge in [0.1, 0.15) is 11.4 Å². The van der Waals surface area contributed by atoms with Gasteiger partial charge < -0.3 is 4.74 Å². The maximum atomic E-state index is 6.81. The molecule has 0 saturated carbocycles. The molecule has 1 aromatic heterocycles. The van der Waals surface area contributed by atoms with Crippen molar-refractivity contribution in [2.75, 3.05) is 7.11 Å². The molecule has 0 aliphatic heterocycles. The quantitative estimate of drug-likeness (QED) is 0.393. The third-order valence-electron chi connectivity index (χ3n) is 4.31. The summed E-state index contributed by atoms with van der Waals surface area (Å²) in [6.45, 7) is 0. The minimum absolute atomic E-state index is 0.597. The van der Waals surface area contributed by atoms with Crippen LogP contribution >= 0.6 is 23.2 Å². The second kappa shape index (κ2) is 7.47. The number of aromatic nitrogens is 2. The van der Waals surface area contributed by atoms with Crippen molar-refractivity contribution in [2.45, 2.75) is 0 Å². The average molecular weight is 395 g/mol. The Morgan fingerprint density at radius 2 is 1.44 bits per heavy atom. The van der Waals surface area contributed by atoms with Gasteiger partial charge in [-0.2, -0.15) is 5.10 Å². The van der Waals surface area contributed by atoms with Crippen LogP contribution in [0.3, 0.4) is 0 Å². The van der Waals surface area contributed by atoms with E-state index in [9.17, 15) is 0 Å². The van der Waals surface area contributed by atoms with Gasteiger partial charge in [0.25, 0.3) is 0 Å². The van der Waals surface area contributed by atoms with Gasteiger partial charge in [0.15, 0.2) is 0 Å². The van der Waals surface area contributed by atoms with E-state index < -0.39 is 0 Å². The number of hydrogen-bond acceptors (Lipinski definition) is 2. The van der Waals surface area contributed by atoms with E-state index in [1.165, 1.54) is 0 Å². The Labute approximate surface area is 167 Å². The summed E-state index contributed by atoms with van der Waals surface area (Å²) in [7, 11) is 1.65. The standard InChI is InChI=1S/C22H16Cl2N2O/c1-27-19-13-11-18(12-14-19)26-22(16-5-3-2-4-6-16)20(24)21(25-26)15-7-9-17(23)10-8-15/h2-14H,1H3. The normalized spacial score (nSPS) is 10.8. The smallest absolute Gasteiger partial charge is 0.119 e. The number of rotatable bonds is 4. The molecule has 5 heteroatoms. The minimum atomic E-state index is 0.597. The van der Waals surface area contributed by atoms with Gasteiger partial charge in [-0.3, -0.25) is 0 Å². The van der Waals surface area contributed by atoms with Gasteiger partial charge in [-0.15, -0.1) is 0 Å². The van der Waals surface area contributed by atoms with Crippen molar-refractivity contribution in [3.8, 4) is 34.0 Å². The molecule has 27 heavy (non-hydrogen) atoms. The molecule has 134 valence electrons. The second-order valence-corrected chi connectivity index (χ2v) is 6.81. The number of benzene rings is 3. The van der Waals surface area contributed by atoms with Crippen molar-refractivity contribution >= 4 is 23.2 Å². The third kappa shape index (κ3) is 3.44. The second-order valence-electron chi connectivity index (χ2n) is 5.99. The first kappa shape index (κ1) is 17.7. The van der Waals surface area contributed by atoms with Crippen molar-refractivity contribution in [3.05, 3.63) is 88.9 Å². The maximum absolute atomic E-state index is 6.81. The molecular weight excluding hydrogens is 379 g/mol. The van der Waals surface area contributed by atoms with Crippen LogP contribution in [0.4, 0.5) is 0 Å². The zero-order chi connectivity index (χ0) is 18.8. The predicted molar refractivity (Wildman–Crippen MR) is 111 cm³/mol. The molecule has 0 amide bonds. The van der Waals surface area contributed by atoms with Crippen LogP contribution in [0.5, 0.6) is 5.75 Å². The molecule has 0 saturated heterocycles. The largest absolute Gasteiger partial charge is 0.497 e. The summed E-state index contributed by atoms with van der Waals surface area (Å²) in [6, 6.07) is 25.2. The minimum Gasteiger partial charge on any atom is -0.497 e. The van der Waals surface area contributed by atoms with E-state index in [4.69, 9.17) is 33.0 Å². The summed E-state index contributed by atoms with van der Waals surface area (Å²) in [6.07, 6.45) is 0. The zero-order valence-electron chi connectivity index (χ0n) is 14.6. The first-order chi connectivity index (χ1) is 13.2. The lowest BCUT2D eigenvalue weighted by Gasteiger charge is -2.09. The Morgan fingerprint density at radius 3 is 2.07 bits per heavy atom. The molecule has 0 bridgehead atoms. The Bertz CT molecular complexity index is 1060. The molecule has 0 atom stereocenters. The molecule has 4 aromatic rings. The summed E-state index contributed by atoms with van der Waals surface area (Å²) in [4.78, 5) is 0. The van der Waals surface area contributed by atoms with Crippen LogP contribution in [0.25, 0.3) is 28.2 Å². The highest BCUT2D eigenvalue weighted by molar-refractivity contribution is 6.35. The molecule has 0 aliphatic carbocycles. The highest BCUT2D eigenvalue weighted by Gasteiger charge is 2.20. The van der Waals surface area contributed by atoms with Crippen molar-refractivity contribution in [1.82, 2.24) is 9.78 Å². The fraction of sp³-hybridized carbons (Fsp3) is 0.0455. The molecule has 0 unspecified atom stereocenters. The summed E-state index contributed by atoms with van der Waals surface area (Å²) in [5.74, 6) is 0.788. The van der Waals surface area contributed by atoms with Gasteiger partial charge in [-0.1, -0.05) is 65.7 Å². The van der Waals surface area contributed by atoms with Crippen LogP contribution in [0.15, 0.2) is 78.9 Å². The van der Waals surface area contributed by atoms with Gasteiger partial charge in [-0.05, 0) is 36.4 Å². The molecule has 0 aliphatic rings. The maximum Gasteiger partial charge on any atom is 0.119 e. The molecule has 3 aromatic carbocycles. The highest BCUT2D eigenvalue weighted by Crippen LogP contribution is 2.38. The fourth-order valence-electron chi connectivity index (χ4n) is 2.95. The Kier molecular flexibility index (Phi) is 4.88. The van der Waals surface area contributed by atoms with E-state index >= 15 is 0 Å². The van der Waals surface area contributed by atoms with E-state index in [0.717, 1.165) is 28.3 Å². The Balaban J connectivity index is 1.93. The van der Waals surface area contributed by atoms with Crippen LogP contribution in [0.1, 0.15) is 0 Å². The van der Waals surface area contributed by atoms with Crippen LogP contribution in [0, 0.1) is 0 Å². The topological polar surface area (TPSA) is 27.1 Å². The molecule has 1 heterocycles. The summed E-state index contributed by atoms with van der Waals surface area (Å²) in [5, 5.41) is 6.08. The highest BCUT2D eigenvalue weighted by atomic mass is 35.5. The van der Waals surface area contributed by atoms with Gasteiger partial charge in [0, 0.05) is 16.1 Å². The lowest BCUT2D eigenvalue weighted by molar-refractivity contribution is 0.414. The van der Waals surface area contributed by atoms with Gasteiger partial charge >= 0.3 is 0 Å². The van der Waals surface area contributed by atoms with Crippen LogP contribution in [0.2, 0.25) is 10.0 Å². The molecule has 0 radical (unpaired) electrons. The van der Waals surface area contributed by atoms with E-state index in [0.29, 0.717) is 15.7 Å². The van der Waals surface area contributed by atoms with E-state index in [2.05, 4.69) is 0 Å². The Hall–Kier alpha value is -2.75. The number of ether oxygens (including phenoxy) is 1. The van der Waals surface area contributed by atoms with Crippen molar-refractivity contribution in [3.63, 3.8) is 0 Å².